The lowest BCUT2D eigenvalue weighted by Crippen LogP contribution is -2.23. The van der Waals surface area contributed by atoms with Crippen LogP contribution in [0.5, 0.6) is 11.5 Å². The van der Waals surface area contributed by atoms with E-state index in [1.54, 1.807) is 7.11 Å². The molecule has 0 fully saturated rings. The topological polar surface area (TPSA) is 30.5 Å². The predicted octanol–water partition coefficient (Wildman–Crippen LogP) is 4.48. The Balaban J connectivity index is 2.09. The molecular formula is C18H23NO2. The van der Waals surface area contributed by atoms with Gasteiger partial charge in [-0.25, -0.2) is 0 Å². The Bertz CT molecular complexity index is 588. The first-order chi connectivity index (χ1) is 9.98. The SMILES string of the molecule is COc1cccc(NCc2ccccc2OC(C)(C)C)c1. The monoisotopic (exact) mass is 285 g/mol. The van der Waals surface area contributed by atoms with Crippen LogP contribution in [0, 0.1) is 0 Å². The fourth-order valence-corrected chi connectivity index (χ4v) is 2.01. The van der Waals surface area contributed by atoms with Gasteiger partial charge in [0.1, 0.15) is 17.1 Å². The summed E-state index contributed by atoms with van der Waals surface area (Å²) < 4.78 is 11.2. The Labute approximate surface area is 126 Å². The molecule has 0 aliphatic carbocycles. The normalized spacial score (nSPS) is 11.0. The van der Waals surface area contributed by atoms with Crippen LogP contribution in [0.25, 0.3) is 0 Å². The number of ether oxygens (including phenoxy) is 2. The Hall–Kier alpha value is -2.16. The maximum atomic E-state index is 6.00. The molecule has 0 aliphatic rings. The molecule has 2 rings (SSSR count). The van der Waals surface area contributed by atoms with E-state index >= 15 is 0 Å². The van der Waals surface area contributed by atoms with Crippen molar-refractivity contribution in [1.29, 1.82) is 0 Å². The summed E-state index contributed by atoms with van der Waals surface area (Å²) in [6.45, 7) is 6.87. The third kappa shape index (κ3) is 4.71. The molecule has 0 unspecified atom stereocenters. The van der Waals surface area contributed by atoms with Crippen molar-refractivity contribution in [2.45, 2.75) is 32.9 Å². The minimum atomic E-state index is -0.202. The lowest BCUT2D eigenvalue weighted by Gasteiger charge is -2.23. The fraction of sp³-hybridized carbons (Fsp3) is 0.333. The highest BCUT2D eigenvalue weighted by Crippen LogP contribution is 2.24. The van der Waals surface area contributed by atoms with E-state index in [1.807, 2.05) is 42.5 Å². The number of anilines is 1. The molecule has 0 aromatic heterocycles. The van der Waals surface area contributed by atoms with Crippen molar-refractivity contribution in [3.8, 4) is 11.5 Å². The number of methoxy groups -OCH3 is 1. The quantitative estimate of drug-likeness (QED) is 0.878. The molecular weight excluding hydrogens is 262 g/mol. The number of rotatable bonds is 5. The van der Waals surface area contributed by atoms with Crippen molar-refractivity contribution in [2.75, 3.05) is 12.4 Å². The van der Waals surface area contributed by atoms with Gasteiger partial charge < -0.3 is 14.8 Å². The molecule has 0 saturated heterocycles. The third-order valence-electron chi connectivity index (χ3n) is 2.94. The molecule has 0 bridgehead atoms. The van der Waals surface area contributed by atoms with Crippen molar-refractivity contribution in [1.82, 2.24) is 0 Å². The Morgan fingerprint density at radius 3 is 2.48 bits per heavy atom. The van der Waals surface area contributed by atoms with Crippen LogP contribution in [0.4, 0.5) is 5.69 Å². The van der Waals surface area contributed by atoms with Crippen LogP contribution in [0.2, 0.25) is 0 Å². The van der Waals surface area contributed by atoms with E-state index in [0.29, 0.717) is 6.54 Å². The molecule has 112 valence electrons. The molecule has 0 aliphatic heterocycles. The predicted molar refractivity (Wildman–Crippen MR) is 87.1 cm³/mol. The summed E-state index contributed by atoms with van der Waals surface area (Å²) in [6, 6.07) is 16.0. The van der Waals surface area contributed by atoms with E-state index in [1.165, 1.54) is 0 Å². The minimum Gasteiger partial charge on any atom is -0.497 e. The highest BCUT2D eigenvalue weighted by molar-refractivity contribution is 5.49. The Morgan fingerprint density at radius 2 is 1.76 bits per heavy atom. The lowest BCUT2D eigenvalue weighted by molar-refractivity contribution is 0.129. The van der Waals surface area contributed by atoms with E-state index in [0.717, 1.165) is 22.7 Å². The van der Waals surface area contributed by atoms with Gasteiger partial charge in [-0.05, 0) is 39.0 Å². The molecule has 1 N–H and O–H groups in total. The zero-order chi connectivity index (χ0) is 15.3. The number of benzene rings is 2. The van der Waals surface area contributed by atoms with Gasteiger partial charge in [0.25, 0.3) is 0 Å². The summed E-state index contributed by atoms with van der Waals surface area (Å²) in [5.74, 6) is 1.76. The van der Waals surface area contributed by atoms with Crippen LogP contribution in [-0.4, -0.2) is 12.7 Å². The Morgan fingerprint density at radius 1 is 1.00 bits per heavy atom. The van der Waals surface area contributed by atoms with E-state index in [9.17, 15) is 0 Å². The molecule has 0 atom stereocenters. The number of nitrogens with one attached hydrogen (secondary N) is 1. The standard InChI is InChI=1S/C18H23NO2/c1-18(2,3)21-17-11-6-5-8-14(17)13-19-15-9-7-10-16(12-15)20-4/h5-12,19H,13H2,1-4H3. The Kier molecular flexibility index (Phi) is 4.73. The summed E-state index contributed by atoms with van der Waals surface area (Å²) >= 11 is 0. The average molecular weight is 285 g/mol. The third-order valence-corrected chi connectivity index (χ3v) is 2.94. The van der Waals surface area contributed by atoms with Gasteiger partial charge >= 0.3 is 0 Å². The molecule has 2 aromatic carbocycles. The van der Waals surface area contributed by atoms with E-state index in [4.69, 9.17) is 9.47 Å². The molecule has 0 radical (unpaired) electrons. The van der Waals surface area contributed by atoms with Gasteiger partial charge in [-0.3, -0.25) is 0 Å². The van der Waals surface area contributed by atoms with Crippen LogP contribution in [0.3, 0.4) is 0 Å². The second kappa shape index (κ2) is 6.53. The van der Waals surface area contributed by atoms with Gasteiger partial charge in [-0.1, -0.05) is 24.3 Å². The molecule has 0 amide bonds. The molecule has 0 heterocycles. The number of hydrogen-bond acceptors (Lipinski definition) is 3. The van der Waals surface area contributed by atoms with Crippen LogP contribution in [0.1, 0.15) is 26.3 Å². The van der Waals surface area contributed by atoms with Crippen molar-refractivity contribution >= 4 is 5.69 Å². The second-order valence-corrected chi connectivity index (χ2v) is 5.91. The minimum absolute atomic E-state index is 0.202. The maximum absolute atomic E-state index is 6.00. The van der Waals surface area contributed by atoms with Gasteiger partial charge in [0.05, 0.1) is 7.11 Å². The van der Waals surface area contributed by atoms with E-state index in [-0.39, 0.29) is 5.60 Å². The smallest absolute Gasteiger partial charge is 0.125 e. The first kappa shape index (κ1) is 15.2. The van der Waals surface area contributed by atoms with Crippen molar-refractivity contribution in [3.63, 3.8) is 0 Å². The van der Waals surface area contributed by atoms with Gasteiger partial charge in [-0.2, -0.15) is 0 Å². The summed E-state index contributed by atoms with van der Waals surface area (Å²) in [6.07, 6.45) is 0. The van der Waals surface area contributed by atoms with Crippen molar-refractivity contribution in [3.05, 3.63) is 54.1 Å². The first-order valence-electron chi connectivity index (χ1n) is 7.13. The molecule has 3 nitrogen and oxygen atoms in total. The van der Waals surface area contributed by atoms with E-state index in [2.05, 4.69) is 32.2 Å². The van der Waals surface area contributed by atoms with Crippen LogP contribution < -0.4 is 14.8 Å². The molecule has 21 heavy (non-hydrogen) atoms. The van der Waals surface area contributed by atoms with Crippen molar-refractivity contribution < 1.29 is 9.47 Å². The summed E-state index contributed by atoms with van der Waals surface area (Å²) in [5.41, 5.74) is 1.96. The molecule has 3 heteroatoms. The second-order valence-electron chi connectivity index (χ2n) is 5.91. The van der Waals surface area contributed by atoms with Crippen LogP contribution >= 0.6 is 0 Å². The highest BCUT2D eigenvalue weighted by Gasteiger charge is 2.14. The van der Waals surface area contributed by atoms with Gasteiger partial charge in [0.2, 0.25) is 0 Å². The highest BCUT2D eigenvalue weighted by atomic mass is 16.5. The first-order valence-corrected chi connectivity index (χ1v) is 7.13. The average Bonchev–Trinajstić information content (AvgIpc) is 2.45. The van der Waals surface area contributed by atoms with Gasteiger partial charge in [0, 0.05) is 23.9 Å². The zero-order valence-electron chi connectivity index (χ0n) is 13.1. The van der Waals surface area contributed by atoms with Gasteiger partial charge in [-0.15, -0.1) is 0 Å². The van der Waals surface area contributed by atoms with E-state index < -0.39 is 0 Å². The zero-order valence-corrected chi connectivity index (χ0v) is 13.1. The number of hydrogen-bond donors (Lipinski definition) is 1. The molecule has 0 saturated carbocycles. The molecule has 2 aromatic rings. The summed E-state index contributed by atoms with van der Waals surface area (Å²) in [4.78, 5) is 0. The maximum Gasteiger partial charge on any atom is 0.125 e. The van der Waals surface area contributed by atoms with Crippen LogP contribution in [-0.2, 0) is 6.54 Å². The molecule has 0 spiro atoms. The fourth-order valence-electron chi connectivity index (χ4n) is 2.01. The van der Waals surface area contributed by atoms with Gasteiger partial charge in [0.15, 0.2) is 0 Å². The lowest BCUT2D eigenvalue weighted by atomic mass is 10.1. The summed E-state index contributed by atoms with van der Waals surface area (Å²) in [5, 5.41) is 3.40. The van der Waals surface area contributed by atoms with Crippen molar-refractivity contribution in [2.24, 2.45) is 0 Å². The summed E-state index contributed by atoms with van der Waals surface area (Å²) in [7, 11) is 1.67. The largest absolute Gasteiger partial charge is 0.497 e. The van der Waals surface area contributed by atoms with Crippen LogP contribution in [0.15, 0.2) is 48.5 Å². The number of para-hydroxylation sites is 1.